The molecule has 186 valence electrons. The molecular formula is C23H36N2O8. The zero-order valence-corrected chi connectivity index (χ0v) is 20.9. The number of alkyl carbamates (subject to hydrolysis) is 1. The molecule has 0 spiro atoms. The predicted octanol–water partition coefficient (Wildman–Crippen LogP) is 3.13. The van der Waals surface area contributed by atoms with Gasteiger partial charge in [0.1, 0.15) is 17.2 Å². The van der Waals surface area contributed by atoms with Crippen LogP contribution in [0.25, 0.3) is 0 Å². The first-order valence-electron chi connectivity index (χ1n) is 10.9. The third kappa shape index (κ3) is 7.30. The highest BCUT2D eigenvalue weighted by Crippen LogP contribution is 2.34. The molecule has 1 fully saturated rings. The lowest BCUT2D eigenvalue weighted by atomic mass is 9.86. The Balaban J connectivity index is 3.48. The van der Waals surface area contributed by atoms with Crippen molar-refractivity contribution in [3.8, 4) is 0 Å². The minimum absolute atomic E-state index is 0.143. The van der Waals surface area contributed by atoms with Crippen molar-refractivity contribution in [2.24, 2.45) is 5.92 Å². The van der Waals surface area contributed by atoms with Gasteiger partial charge >= 0.3 is 18.2 Å². The lowest BCUT2D eigenvalue weighted by Crippen LogP contribution is -2.59. The van der Waals surface area contributed by atoms with E-state index in [1.54, 1.807) is 62.3 Å². The molecule has 2 atom stereocenters. The summed E-state index contributed by atoms with van der Waals surface area (Å²) < 4.78 is 15.4. The number of hydrogen-bond acceptors (Lipinski definition) is 8. The zero-order valence-electron chi connectivity index (χ0n) is 20.9. The molecule has 0 saturated carbocycles. The summed E-state index contributed by atoms with van der Waals surface area (Å²) in [6, 6.07) is -1.18. The van der Waals surface area contributed by atoms with Gasteiger partial charge in [0, 0.05) is 12.5 Å². The van der Waals surface area contributed by atoms with Crippen LogP contribution < -0.4 is 5.32 Å². The fourth-order valence-electron chi connectivity index (χ4n) is 3.27. The molecule has 0 aromatic heterocycles. The van der Waals surface area contributed by atoms with Crippen molar-refractivity contribution in [1.82, 2.24) is 10.2 Å². The number of ketones is 1. The number of carbonyl (C=O) groups excluding carboxylic acids is 5. The Labute approximate surface area is 195 Å². The lowest BCUT2D eigenvalue weighted by Gasteiger charge is -2.29. The van der Waals surface area contributed by atoms with Gasteiger partial charge in [0.05, 0.1) is 6.61 Å². The van der Waals surface area contributed by atoms with Crippen molar-refractivity contribution >= 4 is 29.8 Å². The summed E-state index contributed by atoms with van der Waals surface area (Å²) in [4.78, 5) is 65.1. The second-order valence-electron chi connectivity index (χ2n) is 10.1. The summed E-state index contributed by atoms with van der Waals surface area (Å²) in [5, 5.41) is 2.37. The highest BCUT2D eigenvalue weighted by molar-refractivity contribution is 6.24. The van der Waals surface area contributed by atoms with E-state index in [-0.39, 0.29) is 13.0 Å². The van der Waals surface area contributed by atoms with Crippen LogP contribution in [-0.4, -0.2) is 64.1 Å². The SMILES string of the molecule is CCOC(=O)/C=C/C[C@@]1(NC(=O)OC(C)(C)C)C(=O)[C@@H](C(C)C)N(C(=O)OC(C)(C)C)C1=O. The number of esters is 1. The number of rotatable bonds is 6. The van der Waals surface area contributed by atoms with Crippen molar-refractivity contribution in [2.75, 3.05) is 6.61 Å². The van der Waals surface area contributed by atoms with E-state index in [2.05, 4.69) is 5.32 Å². The van der Waals surface area contributed by atoms with Gasteiger partial charge in [-0.15, -0.1) is 0 Å². The van der Waals surface area contributed by atoms with Gasteiger partial charge in [0.15, 0.2) is 11.3 Å². The van der Waals surface area contributed by atoms with Gasteiger partial charge in [-0.3, -0.25) is 14.9 Å². The third-order valence-electron chi connectivity index (χ3n) is 4.45. The number of Topliss-reactive ketones (excluding diaryl/α,β-unsaturated/α-hetero) is 1. The minimum Gasteiger partial charge on any atom is -0.463 e. The summed E-state index contributed by atoms with van der Waals surface area (Å²) in [5.41, 5.74) is -3.98. The molecule has 0 unspecified atom stereocenters. The molecule has 0 radical (unpaired) electrons. The Morgan fingerprint density at radius 2 is 1.61 bits per heavy atom. The molecule has 0 aliphatic carbocycles. The average molecular weight is 469 g/mol. The highest BCUT2D eigenvalue weighted by atomic mass is 16.6. The van der Waals surface area contributed by atoms with Crippen molar-refractivity contribution in [2.45, 2.75) is 91.5 Å². The van der Waals surface area contributed by atoms with E-state index in [9.17, 15) is 24.0 Å². The van der Waals surface area contributed by atoms with E-state index in [4.69, 9.17) is 14.2 Å². The van der Waals surface area contributed by atoms with Crippen LogP contribution in [0.5, 0.6) is 0 Å². The maximum Gasteiger partial charge on any atom is 0.417 e. The number of nitrogens with one attached hydrogen (secondary N) is 1. The van der Waals surface area contributed by atoms with Crippen LogP contribution in [0.3, 0.4) is 0 Å². The molecule has 1 rings (SSSR count). The summed E-state index contributed by atoms with van der Waals surface area (Å²) in [5.74, 6) is -2.80. The number of nitrogens with zero attached hydrogens (tertiary/aromatic N) is 1. The van der Waals surface area contributed by atoms with Gasteiger partial charge in [-0.25, -0.2) is 19.3 Å². The van der Waals surface area contributed by atoms with E-state index in [0.717, 1.165) is 11.0 Å². The molecule has 1 saturated heterocycles. The van der Waals surface area contributed by atoms with Gasteiger partial charge in [-0.1, -0.05) is 19.9 Å². The van der Waals surface area contributed by atoms with Gasteiger partial charge < -0.3 is 14.2 Å². The molecule has 33 heavy (non-hydrogen) atoms. The number of likely N-dealkylation sites (tertiary alicyclic amines) is 1. The Morgan fingerprint density at radius 3 is 2.06 bits per heavy atom. The Hall–Kier alpha value is -2.91. The quantitative estimate of drug-likeness (QED) is 0.272. The number of imide groups is 1. The first-order chi connectivity index (χ1) is 14.9. The normalized spacial score (nSPS) is 21.5. The molecule has 0 aromatic rings. The number of hydrogen-bond donors (Lipinski definition) is 1. The number of carbonyl (C=O) groups is 5. The molecule has 0 aromatic carbocycles. The fourth-order valence-corrected chi connectivity index (χ4v) is 3.27. The summed E-state index contributed by atoms with van der Waals surface area (Å²) >= 11 is 0. The molecule has 10 nitrogen and oxygen atoms in total. The maximum absolute atomic E-state index is 13.6. The topological polar surface area (TPSA) is 128 Å². The molecular weight excluding hydrogens is 432 g/mol. The Morgan fingerprint density at radius 1 is 1.06 bits per heavy atom. The maximum atomic E-state index is 13.6. The van der Waals surface area contributed by atoms with E-state index in [1.165, 1.54) is 6.08 Å². The second kappa shape index (κ2) is 10.4. The van der Waals surface area contributed by atoms with E-state index in [0.29, 0.717) is 0 Å². The smallest absolute Gasteiger partial charge is 0.417 e. The highest BCUT2D eigenvalue weighted by Gasteiger charge is 2.63. The lowest BCUT2D eigenvalue weighted by molar-refractivity contribution is -0.138. The molecule has 1 aliphatic heterocycles. The van der Waals surface area contributed by atoms with E-state index >= 15 is 0 Å². The van der Waals surface area contributed by atoms with Gasteiger partial charge in [0.2, 0.25) is 0 Å². The Bertz CT molecular complexity index is 819. The Kier molecular flexibility index (Phi) is 8.82. The summed E-state index contributed by atoms with van der Waals surface area (Å²) in [6.45, 7) is 14.9. The summed E-state index contributed by atoms with van der Waals surface area (Å²) in [7, 11) is 0. The minimum atomic E-state index is -2.16. The van der Waals surface area contributed by atoms with Crippen LogP contribution >= 0.6 is 0 Å². The van der Waals surface area contributed by atoms with Crippen molar-refractivity contribution in [3.05, 3.63) is 12.2 Å². The third-order valence-corrected chi connectivity index (χ3v) is 4.45. The van der Waals surface area contributed by atoms with Crippen LogP contribution in [0, 0.1) is 5.92 Å². The van der Waals surface area contributed by atoms with Gasteiger partial charge in [0.25, 0.3) is 5.91 Å². The van der Waals surface area contributed by atoms with Crippen molar-refractivity contribution in [1.29, 1.82) is 0 Å². The largest absolute Gasteiger partial charge is 0.463 e. The second-order valence-corrected chi connectivity index (χ2v) is 10.1. The molecule has 1 N–H and O–H groups in total. The van der Waals surface area contributed by atoms with Crippen LogP contribution in [-0.2, 0) is 28.6 Å². The van der Waals surface area contributed by atoms with E-state index < -0.39 is 58.5 Å². The van der Waals surface area contributed by atoms with Crippen molar-refractivity contribution in [3.63, 3.8) is 0 Å². The van der Waals surface area contributed by atoms with Crippen molar-refractivity contribution < 1.29 is 38.2 Å². The predicted molar refractivity (Wildman–Crippen MR) is 119 cm³/mol. The average Bonchev–Trinajstić information content (AvgIpc) is 2.81. The van der Waals surface area contributed by atoms with Crippen LogP contribution in [0.15, 0.2) is 12.2 Å². The molecule has 1 heterocycles. The molecule has 10 heteroatoms. The van der Waals surface area contributed by atoms with Gasteiger partial charge in [-0.2, -0.15) is 0 Å². The standard InChI is InChI=1S/C23H36N2O8/c1-10-31-15(26)12-11-13-23(24-19(29)32-21(4,5)6)17(27)16(14(2)3)25(18(23)28)20(30)33-22(7,8)9/h11-12,14,16H,10,13H2,1-9H3,(H,24,29)/b12-11+/t16-,23-/m1/s1. The first-order valence-corrected chi connectivity index (χ1v) is 10.9. The van der Waals surface area contributed by atoms with Crippen LogP contribution in [0.1, 0.15) is 68.7 Å². The molecule has 1 aliphatic rings. The zero-order chi connectivity index (χ0) is 25.8. The van der Waals surface area contributed by atoms with Gasteiger partial charge in [-0.05, 0) is 54.4 Å². The van der Waals surface area contributed by atoms with Crippen LogP contribution in [0.2, 0.25) is 0 Å². The molecule has 3 amide bonds. The number of ether oxygens (including phenoxy) is 3. The summed E-state index contributed by atoms with van der Waals surface area (Å²) in [6.07, 6.45) is -0.0841. The van der Waals surface area contributed by atoms with E-state index in [1.807, 2.05) is 0 Å². The fraction of sp³-hybridized carbons (Fsp3) is 0.696. The molecule has 0 bridgehead atoms. The van der Waals surface area contributed by atoms with Crippen LogP contribution in [0.4, 0.5) is 9.59 Å². The number of amides is 3. The monoisotopic (exact) mass is 468 g/mol. The first kappa shape index (κ1) is 28.1.